The van der Waals surface area contributed by atoms with Crippen LogP contribution < -0.4 is 15.0 Å². The minimum absolute atomic E-state index is 0.241. The van der Waals surface area contributed by atoms with Crippen molar-refractivity contribution in [2.24, 2.45) is 0 Å². The van der Waals surface area contributed by atoms with Crippen LogP contribution in [0, 0.1) is 6.92 Å². The lowest BCUT2D eigenvalue weighted by Gasteiger charge is -2.27. The van der Waals surface area contributed by atoms with Crippen molar-refractivity contribution in [3.05, 3.63) is 97.4 Å². The molecule has 1 saturated heterocycles. The third kappa shape index (κ3) is 5.01. The summed E-state index contributed by atoms with van der Waals surface area (Å²) >= 11 is 15.7. The number of carbonyl (C=O) groups is 3. The molecule has 0 aliphatic carbocycles. The number of anilines is 1. The maximum Gasteiger partial charge on any atom is 0.335 e. The Kier molecular flexibility index (Phi) is 7.07. The summed E-state index contributed by atoms with van der Waals surface area (Å²) in [5, 5.41) is 2.99. The molecule has 0 unspecified atom stereocenters. The molecule has 0 spiro atoms. The first-order valence-corrected chi connectivity index (χ1v) is 11.6. The van der Waals surface area contributed by atoms with Gasteiger partial charge in [-0.2, -0.15) is 0 Å². The normalized spacial score (nSPS) is 15.0. The van der Waals surface area contributed by atoms with E-state index in [1.807, 2.05) is 24.3 Å². The zero-order valence-corrected chi connectivity index (χ0v) is 20.9. The molecule has 1 N–H and O–H groups in total. The topological polar surface area (TPSA) is 75.7 Å². The van der Waals surface area contributed by atoms with Crippen LogP contribution in [0.5, 0.6) is 5.75 Å². The maximum atomic E-state index is 13.3. The van der Waals surface area contributed by atoms with Gasteiger partial charge in [-0.1, -0.05) is 57.3 Å². The highest BCUT2D eigenvalue weighted by molar-refractivity contribution is 9.10. The summed E-state index contributed by atoms with van der Waals surface area (Å²) in [6, 6.07) is 16.5. The lowest BCUT2D eigenvalue weighted by atomic mass is 10.0. The number of ether oxygens (including phenoxy) is 1. The van der Waals surface area contributed by atoms with Gasteiger partial charge in [0, 0.05) is 20.1 Å². The largest absolute Gasteiger partial charge is 0.488 e. The molecule has 9 heteroatoms. The van der Waals surface area contributed by atoms with E-state index in [0.29, 0.717) is 26.9 Å². The first kappa shape index (κ1) is 24.0. The minimum Gasteiger partial charge on any atom is -0.488 e. The van der Waals surface area contributed by atoms with Crippen molar-refractivity contribution in [3.8, 4) is 5.75 Å². The molecule has 1 aliphatic rings. The van der Waals surface area contributed by atoms with Gasteiger partial charge >= 0.3 is 6.03 Å². The number of rotatable bonds is 5. The highest BCUT2D eigenvalue weighted by Crippen LogP contribution is 2.31. The smallest absolute Gasteiger partial charge is 0.335 e. The summed E-state index contributed by atoms with van der Waals surface area (Å²) in [6.45, 7) is 1.95. The Balaban J connectivity index is 1.69. The summed E-state index contributed by atoms with van der Waals surface area (Å²) < 4.78 is 6.89. The molecule has 1 aliphatic heterocycles. The van der Waals surface area contributed by atoms with Crippen molar-refractivity contribution < 1.29 is 19.1 Å². The van der Waals surface area contributed by atoms with E-state index in [-0.39, 0.29) is 17.9 Å². The fourth-order valence-electron chi connectivity index (χ4n) is 3.38. The van der Waals surface area contributed by atoms with Crippen LogP contribution in [-0.2, 0) is 16.2 Å². The molecule has 0 bridgehead atoms. The van der Waals surface area contributed by atoms with Gasteiger partial charge in [-0.3, -0.25) is 14.9 Å². The van der Waals surface area contributed by atoms with E-state index in [2.05, 4.69) is 21.2 Å². The van der Waals surface area contributed by atoms with E-state index in [0.717, 1.165) is 14.9 Å². The average molecular weight is 560 g/mol. The molecular formula is C25H17BrCl2N2O4. The maximum absolute atomic E-state index is 13.3. The number of urea groups is 1. The Labute approximate surface area is 214 Å². The van der Waals surface area contributed by atoms with Gasteiger partial charge in [-0.05, 0) is 66.6 Å². The van der Waals surface area contributed by atoms with Crippen LogP contribution in [-0.4, -0.2) is 17.8 Å². The number of halogens is 3. The fraction of sp³-hybridized carbons (Fsp3) is 0.0800. The molecular weight excluding hydrogens is 543 g/mol. The van der Waals surface area contributed by atoms with Crippen molar-refractivity contribution >= 4 is 68.7 Å². The Bertz CT molecular complexity index is 1340. The summed E-state index contributed by atoms with van der Waals surface area (Å²) in [4.78, 5) is 39.3. The molecule has 1 fully saturated rings. The van der Waals surface area contributed by atoms with E-state index in [1.54, 1.807) is 43.3 Å². The molecule has 172 valence electrons. The van der Waals surface area contributed by atoms with Crippen LogP contribution in [0.4, 0.5) is 10.5 Å². The second-order valence-corrected chi connectivity index (χ2v) is 9.20. The molecule has 3 aromatic rings. The molecule has 3 aromatic carbocycles. The second-order valence-electron chi connectivity index (χ2n) is 7.44. The number of barbiturate groups is 1. The van der Waals surface area contributed by atoms with E-state index in [4.69, 9.17) is 27.9 Å². The van der Waals surface area contributed by atoms with Crippen molar-refractivity contribution in [1.29, 1.82) is 0 Å². The van der Waals surface area contributed by atoms with Crippen molar-refractivity contribution in [3.63, 3.8) is 0 Å². The number of hydrogen-bond donors (Lipinski definition) is 1. The fourth-order valence-corrected chi connectivity index (χ4v) is 3.99. The lowest BCUT2D eigenvalue weighted by Crippen LogP contribution is -2.54. The number of carbonyl (C=O) groups excluding carboxylic acids is 3. The first-order chi connectivity index (χ1) is 16.2. The van der Waals surface area contributed by atoms with E-state index < -0.39 is 17.8 Å². The third-order valence-electron chi connectivity index (χ3n) is 5.16. The van der Waals surface area contributed by atoms with Gasteiger partial charge in [0.05, 0.1) is 5.69 Å². The zero-order valence-electron chi connectivity index (χ0n) is 17.8. The molecule has 0 aromatic heterocycles. The number of amides is 4. The van der Waals surface area contributed by atoms with Crippen LogP contribution >= 0.6 is 39.1 Å². The number of nitrogens with zero attached hydrogens (tertiary/aromatic N) is 1. The van der Waals surface area contributed by atoms with E-state index >= 15 is 0 Å². The van der Waals surface area contributed by atoms with Gasteiger partial charge in [0.25, 0.3) is 11.8 Å². The quantitative estimate of drug-likeness (QED) is 0.293. The van der Waals surface area contributed by atoms with Crippen molar-refractivity contribution in [2.45, 2.75) is 13.5 Å². The summed E-state index contributed by atoms with van der Waals surface area (Å²) in [5.74, 6) is -1.18. The average Bonchev–Trinajstić information content (AvgIpc) is 2.80. The summed E-state index contributed by atoms with van der Waals surface area (Å²) in [5.41, 5.74) is 1.92. The Morgan fingerprint density at radius 1 is 1.03 bits per heavy atom. The van der Waals surface area contributed by atoms with Gasteiger partial charge in [-0.25, -0.2) is 9.69 Å². The first-order valence-electron chi connectivity index (χ1n) is 10.1. The molecule has 1 heterocycles. The van der Waals surface area contributed by atoms with Gasteiger partial charge in [0.2, 0.25) is 0 Å². The number of benzene rings is 3. The second kappa shape index (κ2) is 10.0. The van der Waals surface area contributed by atoms with Crippen LogP contribution in [0.1, 0.15) is 16.7 Å². The molecule has 4 rings (SSSR count). The molecule has 34 heavy (non-hydrogen) atoms. The van der Waals surface area contributed by atoms with E-state index in [9.17, 15) is 14.4 Å². The lowest BCUT2D eigenvalue weighted by molar-refractivity contribution is -0.122. The standard InChI is InChI=1S/C25H17BrCl2N2O4/c1-14-20(28)3-2-4-21(14)30-24(32)19(23(31)29-25(30)33)12-16-11-18(27)9-10-22(16)34-13-15-5-7-17(26)8-6-15/h2-12H,13H2,1H3,(H,29,31,33)/b19-12+. The van der Waals surface area contributed by atoms with Crippen molar-refractivity contribution in [1.82, 2.24) is 5.32 Å². The number of imide groups is 2. The Morgan fingerprint density at radius 3 is 2.50 bits per heavy atom. The van der Waals surface area contributed by atoms with Crippen molar-refractivity contribution in [2.75, 3.05) is 4.90 Å². The Morgan fingerprint density at radius 2 is 1.76 bits per heavy atom. The molecule has 0 atom stereocenters. The van der Waals surface area contributed by atoms with Crippen LogP contribution in [0.2, 0.25) is 10.0 Å². The molecule has 0 saturated carbocycles. The molecule has 4 amide bonds. The monoisotopic (exact) mass is 558 g/mol. The van der Waals surface area contributed by atoms with E-state index in [1.165, 1.54) is 6.08 Å². The number of hydrogen-bond acceptors (Lipinski definition) is 4. The summed E-state index contributed by atoms with van der Waals surface area (Å²) in [7, 11) is 0. The van der Waals surface area contributed by atoms with Crippen LogP contribution in [0.25, 0.3) is 6.08 Å². The Hall–Kier alpha value is -3.13. The number of nitrogens with one attached hydrogen (secondary N) is 1. The van der Waals surface area contributed by atoms with Crippen LogP contribution in [0.15, 0.2) is 70.7 Å². The highest BCUT2D eigenvalue weighted by atomic mass is 79.9. The van der Waals surface area contributed by atoms with Gasteiger partial charge < -0.3 is 4.74 Å². The van der Waals surface area contributed by atoms with Crippen LogP contribution in [0.3, 0.4) is 0 Å². The minimum atomic E-state index is -0.852. The third-order valence-corrected chi connectivity index (χ3v) is 6.33. The molecule has 6 nitrogen and oxygen atoms in total. The summed E-state index contributed by atoms with van der Waals surface area (Å²) in [6.07, 6.45) is 1.36. The molecule has 0 radical (unpaired) electrons. The highest BCUT2D eigenvalue weighted by Gasteiger charge is 2.37. The predicted molar refractivity (Wildman–Crippen MR) is 135 cm³/mol. The SMILES string of the molecule is Cc1c(Cl)cccc1N1C(=O)NC(=O)/C(=C\c2cc(Cl)ccc2OCc2ccc(Br)cc2)C1=O. The zero-order chi connectivity index (χ0) is 24.4. The van der Waals surface area contributed by atoms with Gasteiger partial charge in [0.15, 0.2) is 0 Å². The predicted octanol–water partition coefficient (Wildman–Crippen LogP) is 6.31. The van der Waals surface area contributed by atoms with Gasteiger partial charge in [-0.15, -0.1) is 0 Å². The van der Waals surface area contributed by atoms with Gasteiger partial charge in [0.1, 0.15) is 17.9 Å².